The normalized spacial score (nSPS) is 31.1. The number of rotatable bonds is 7. The van der Waals surface area contributed by atoms with Gasteiger partial charge in [-0.05, 0) is 25.5 Å². The van der Waals surface area contributed by atoms with E-state index < -0.39 is 24.0 Å². The highest BCUT2D eigenvalue weighted by Gasteiger charge is 2.50. The SMILES string of the molecule is COc1cccc2c1C(=O)C(/C(O)=C(\C)[C@H](CCO)O[C@H]1C[C@H]3[C@H](O[C@@H]4COCCN43)[C@H](C)O1)=CC2=O. The van der Waals surface area contributed by atoms with Crippen molar-refractivity contribution in [1.29, 1.82) is 0 Å². The third kappa shape index (κ3) is 4.73. The van der Waals surface area contributed by atoms with Crippen LogP contribution in [0.25, 0.3) is 0 Å². The van der Waals surface area contributed by atoms with Crippen LogP contribution in [0.5, 0.6) is 5.75 Å². The zero-order chi connectivity index (χ0) is 26.3. The first-order valence-corrected chi connectivity index (χ1v) is 12.6. The zero-order valence-corrected chi connectivity index (χ0v) is 21.2. The van der Waals surface area contributed by atoms with E-state index in [1.165, 1.54) is 7.11 Å². The highest BCUT2D eigenvalue weighted by molar-refractivity contribution is 6.27. The third-order valence-corrected chi connectivity index (χ3v) is 7.58. The number of Topliss-reactive ketones (excluding diaryl/α,β-unsaturated/α-hetero) is 1. The van der Waals surface area contributed by atoms with Gasteiger partial charge in [0.1, 0.15) is 23.8 Å². The monoisotopic (exact) mass is 515 g/mol. The van der Waals surface area contributed by atoms with Crippen LogP contribution in [-0.4, -0.2) is 97.0 Å². The molecule has 3 heterocycles. The summed E-state index contributed by atoms with van der Waals surface area (Å²) in [5, 5.41) is 20.9. The van der Waals surface area contributed by atoms with Gasteiger partial charge in [0.05, 0.1) is 43.7 Å². The smallest absolute Gasteiger partial charge is 0.201 e. The molecule has 0 unspecified atom stereocenters. The molecule has 0 aromatic heterocycles. The van der Waals surface area contributed by atoms with Gasteiger partial charge in [-0.25, -0.2) is 0 Å². The average molecular weight is 516 g/mol. The maximum absolute atomic E-state index is 13.3. The molecule has 0 amide bonds. The summed E-state index contributed by atoms with van der Waals surface area (Å²) in [6, 6.07) is 4.88. The fourth-order valence-electron chi connectivity index (χ4n) is 5.68. The minimum absolute atomic E-state index is 0.0968. The third-order valence-electron chi connectivity index (χ3n) is 7.58. The van der Waals surface area contributed by atoms with Crippen LogP contribution < -0.4 is 4.74 Å². The van der Waals surface area contributed by atoms with Crippen molar-refractivity contribution in [2.24, 2.45) is 0 Å². The lowest BCUT2D eigenvalue weighted by atomic mass is 9.86. The van der Waals surface area contributed by atoms with E-state index in [4.69, 9.17) is 23.7 Å². The minimum atomic E-state index is -0.746. The van der Waals surface area contributed by atoms with Crippen LogP contribution in [0.2, 0.25) is 0 Å². The van der Waals surface area contributed by atoms with E-state index in [1.54, 1.807) is 25.1 Å². The molecule has 6 atom stereocenters. The predicted octanol–water partition coefficient (Wildman–Crippen LogP) is 2.16. The Balaban J connectivity index is 1.38. The first kappa shape index (κ1) is 26.0. The van der Waals surface area contributed by atoms with Gasteiger partial charge in [0.15, 0.2) is 12.1 Å². The molecule has 37 heavy (non-hydrogen) atoms. The molecular weight excluding hydrogens is 482 g/mol. The zero-order valence-electron chi connectivity index (χ0n) is 21.2. The summed E-state index contributed by atoms with van der Waals surface area (Å²) in [5.41, 5.74) is 0.527. The van der Waals surface area contributed by atoms with Crippen LogP contribution in [0.3, 0.4) is 0 Å². The maximum atomic E-state index is 13.3. The van der Waals surface area contributed by atoms with Crippen molar-refractivity contribution in [2.75, 3.05) is 33.5 Å². The maximum Gasteiger partial charge on any atom is 0.201 e. The number of aliphatic hydroxyl groups is 2. The van der Waals surface area contributed by atoms with Gasteiger partial charge in [-0.3, -0.25) is 14.5 Å². The molecule has 2 N–H and O–H groups in total. The van der Waals surface area contributed by atoms with E-state index in [0.29, 0.717) is 25.2 Å². The van der Waals surface area contributed by atoms with E-state index in [2.05, 4.69) is 4.90 Å². The van der Waals surface area contributed by atoms with Crippen molar-refractivity contribution in [2.45, 2.75) is 63.6 Å². The summed E-state index contributed by atoms with van der Waals surface area (Å²) in [6.45, 7) is 5.28. The first-order chi connectivity index (χ1) is 17.8. The molecule has 200 valence electrons. The highest BCUT2D eigenvalue weighted by Crippen LogP contribution is 2.38. The molecule has 10 heteroatoms. The number of ether oxygens (including phenoxy) is 5. The predicted molar refractivity (Wildman–Crippen MR) is 131 cm³/mol. The fourth-order valence-corrected chi connectivity index (χ4v) is 5.68. The van der Waals surface area contributed by atoms with Crippen LogP contribution in [0.4, 0.5) is 0 Å². The Bertz CT molecular complexity index is 1130. The molecule has 1 aromatic rings. The molecule has 4 aliphatic rings. The summed E-state index contributed by atoms with van der Waals surface area (Å²) in [7, 11) is 1.42. The molecule has 0 radical (unpaired) electrons. The number of hydrogen-bond acceptors (Lipinski definition) is 10. The van der Waals surface area contributed by atoms with E-state index >= 15 is 0 Å². The Morgan fingerprint density at radius 3 is 2.84 bits per heavy atom. The summed E-state index contributed by atoms with van der Waals surface area (Å²) in [5.74, 6) is -1.01. The molecule has 3 aliphatic heterocycles. The van der Waals surface area contributed by atoms with Crippen LogP contribution >= 0.6 is 0 Å². The Morgan fingerprint density at radius 2 is 2.08 bits per heavy atom. The van der Waals surface area contributed by atoms with Crippen LogP contribution in [0.1, 0.15) is 47.4 Å². The second kappa shape index (κ2) is 10.6. The number of carbonyl (C=O) groups excluding carboxylic acids is 2. The van der Waals surface area contributed by atoms with Crippen molar-refractivity contribution in [3.63, 3.8) is 0 Å². The topological polar surface area (TPSA) is 124 Å². The molecule has 1 aliphatic carbocycles. The van der Waals surface area contributed by atoms with Crippen molar-refractivity contribution in [3.05, 3.63) is 52.3 Å². The molecule has 3 saturated heterocycles. The standard InChI is InChI=1S/C27H33NO9/c1-14(25(31)17-11-19(30)16-5-4-6-21(33-3)24(16)26(17)32)20(7-9-29)36-23-12-18-27(15(2)35-23)37-22-13-34-10-8-28(18)22/h4-6,11,15,18,20,22-23,27,29,31H,7-10,12-13H2,1-3H3/b25-14-/t15-,18-,20-,22+,23-,27+/m0/s1. The van der Waals surface area contributed by atoms with Gasteiger partial charge in [-0.2, -0.15) is 0 Å². The Kier molecular flexibility index (Phi) is 7.49. The Morgan fingerprint density at radius 1 is 1.27 bits per heavy atom. The largest absolute Gasteiger partial charge is 0.507 e. The molecule has 3 fully saturated rings. The molecule has 0 spiro atoms. The van der Waals surface area contributed by atoms with E-state index in [1.807, 2.05) is 6.92 Å². The minimum Gasteiger partial charge on any atom is -0.507 e. The summed E-state index contributed by atoms with van der Waals surface area (Å²) in [6.07, 6.45) is 0.0658. The van der Waals surface area contributed by atoms with E-state index in [9.17, 15) is 19.8 Å². The van der Waals surface area contributed by atoms with Gasteiger partial charge in [-0.1, -0.05) is 12.1 Å². The summed E-state index contributed by atoms with van der Waals surface area (Å²) < 4.78 is 29.4. The molecular formula is C27H33NO9. The van der Waals surface area contributed by atoms with Crippen molar-refractivity contribution in [3.8, 4) is 5.75 Å². The number of aliphatic hydroxyl groups excluding tert-OH is 2. The molecule has 10 nitrogen and oxygen atoms in total. The first-order valence-electron chi connectivity index (χ1n) is 12.6. The lowest BCUT2D eigenvalue weighted by molar-refractivity contribution is -0.235. The van der Waals surface area contributed by atoms with E-state index in [0.717, 1.165) is 12.6 Å². The molecule has 1 aromatic carbocycles. The second-order valence-corrected chi connectivity index (χ2v) is 9.74. The Labute approximate surface area is 215 Å². The van der Waals surface area contributed by atoms with Gasteiger partial charge in [0.2, 0.25) is 5.78 Å². The van der Waals surface area contributed by atoms with Crippen LogP contribution in [-0.2, 0) is 18.9 Å². The van der Waals surface area contributed by atoms with Gasteiger partial charge in [0, 0.05) is 43.7 Å². The number of nitrogens with zero attached hydrogens (tertiary/aromatic N) is 1. The summed E-state index contributed by atoms with van der Waals surface area (Å²) >= 11 is 0. The number of carbonyl (C=O) groups is 2. The fraction of sp³-hybridized carbons (Fsp3) is 0.556. The van der Waals surface area contributed by atoms with Gasteiger partial charge >= 0.3 is 0 Å². The van der Waals surface area contributed by atoms with Crippen molar-refractivity contribution >= 4 is 11.6 Å². The quantitative estimate of drug-likeness (QED) is 0.522. The second-order valence-electron chi connectivity index (χ2n) is 9.74. The lowest BCUT2D eigenvalue weighted by Gasteiger charge is -2.40. The number of hydrogen-bond donors (Lipinski definition) is 2. The number of ketones is 2. The number of methoxy groups -OCH3 is 1. The summed E-state index contributed by atoms with van der Waals surface area (Å²) in [4.78, 5) is 28.4. The molecule has 0 bridgehead atoms. The van der Waals surface area contributed by atoms with Gasteiger partial charge in [-0.15, -0.1) is 0 Å². The average Bonchev–Trinajstić information content (AvgIpc) is 3.28. The number of morpholine rings is 1. The van der Waals surface area contributed by atoms with Crippen molar-refractivity contribution < 1.29 is 43.5 Å². The van der Waals surface area contributed by atoms with Gasteiger partial charge < -0.3 is 33.9 Å². The van der Waals surface area contributed by atoms with Gasteiger partial charge in [0.25, 0.3) is 0 Å². The number of benzene rings is 1. The lowest BCUT2D eigenvalue weighted by Crippen LogP contribution is -2.53. The highest BCUT2D eigenvalue weighted by atomic mass is 16.7. The van der Waals surface area contributed by atoms with Crippen LogP contribution in [0.15, 0.2) is 41.2 Å². The number of fused-ring (bicyclic) bond motifs is 4. The van der Waals surface area contributed by atoms with Crippen molar-refractivity contribution in [1.82, 2.24) is 4.90 Å². The molecule has 5 rings (SSSR count). The Hall–Kier alpha value is -2.60. The molecule has 0 saturated carbocycles. The van der Waals surface area contributed by atoms with E-state index in [-0.39, 0.29) is 65.7 Å². The van der Waals surface area contributed by atoms with Crippen LogP contribution in [0, 0.1) is 0 Å². The number of allylic oxidation sites excluding steroid dienone is 2.